The summed E-state index contributed by atoms with van der Waals surface area (Å²) in [5.74, 6) is 0.383. The van der Waals surface area contributed by atoms with Gasteiger partial charge in [-0.15, -0.1) is 0 Å². The molecule has 2 atom stereocenters. The van der Waals surface area contributed by atoms with Crippen LogP contribution >= 0.6 is 0 Å². The molecule has 6 heteroatoms. The minimum Gasteiger partial charge on any atom is -0.364 e. The van der Waals surface area contributed by atoms with Gasteiger partial charge in [-0.3, -0.25) is 10.1 Å². The molecule has 1 fully saturated rings. The number of piperidine rings is 1. The summed E-state index contributed by atoms with van der Waals surface area (Å²) in [4.78, 5) is 12.6. The van der Waals surface area contributed by atoms with Crippen LogP contribution in [0.3, 0.4) is 0 Å². The van der Waals surface area contributed by atoms with E-state index in [1.165, 1.54) is 12.1 Å². The third-order valence-electron chi connectivity index (χ3n) is 3.33. The van der Waals surface area contributed by atoms with Crippen LogP contribution in [0, 0.1) is 27.4 Å². The first-order valence-corrected chi connectivity index (χ1v) is 6.20. The van der Waals surface area contributed by atoms with Gasteiger partial charge in [-0.05, 0) is 24.5 Å². The summed E-state index contributed by atoms with van der Waals surface area (Å²) >= 11 is 0. The van der Waals surface area contributed by atoms with Crippen LogP contribution in [0.4, 0.5) is 11.4 Å². The van der Waals surface area contributed by atoms with E-state index >= 15 is 0 Å². The molecule has 1 heterocycles. The second-order valence-corrected chi connectivity index (χ2v) is 5.08. The molecule has 100 valence electrons. The monoisotopic (exact) mass is 260 g/mol. The van der Waals surface area contributed by atoms with E-state index in [4.69, 9.17) is 11.0 Å². The molecule has 19 heavy (non-hydrogen) atoms. The van der Waals surface area contributed by atoms with Gasteiger partial charge in [0.2, 0.25) is 0 Å². The number of rotatable bonds is 2. The van der Waals surface area contributed by atoms with Crippen LogP contribution in [0.15, 0.2) is 18.2 Å². The van der Waals surface area contributed by atoms with E-state index in [0.29, 0.717) is 23.7 Å². The second kappa shape index (κ2) is 5.24. The fraction of sp³-hybridized carbons (Fsp3) is 0.462. The van der Waals surface area contributed by atoms with Crippen LogP contribution in [0.2, 0.25) is 0 Å². The molecule has 0 bridgehead atoms. The molecule has 1 saturated heterocycles. The lowest BCUT2D eigenvalue weighted by Crippen LogP contribution is -2.46. The van der Waals surface area contributed by atoms with E-state index in [9.17, 15) is 10.1 Å². The molecule has 2 unspecified atom stereocenters. The molecule has 1 aliphatic rings. The minimum absolute atomic E-state index is 0.00842. The van der Waals surface area contributed by atoms with Gasteiger partial charge in [-0.2, -0.15) is 5.26 Å². The Hall–Kier alpha value is -2.13. The second-order valence-electron chi connectivity index (χ2n) is 5.08. The fourth-order valence-electron chi connectivity index (χ4n) is 2.60. The number of anilines is 1. The van der Waals surface area contributed by atoms with E-state index in [1.807, 2.05) is 11.0 Å². The molecule has 1 aliphatic heterocycles. The standard InChI is InChI=1S/C13H16N4O2/c1-9-4-11(15)8-16(7-9)13-5-10(6-14)2-3-12(13)17(18)19/h2-3,5,9,11H,4,7-8,15H2,1H3. The summed E-state index contributed by atoms with van der Waals surface area (Å²) in [5, 5.41) is 20.0. The molecule has 2 N–H and O–H groups in total. The first-order valence-electron chi connectivity index (χ1n) is 6.20. The van der Waals surface area contributed by atoms with Crippen LogP contribution in [0.25, 0.3) is 0 Å². The molecule has 6 nitrogen and oxygen atoms in total. The Morgan fingerprint density at radius 1 is 1.53 bits per heavy atom. The molecule has 1 aromatic carbocycles. The van der Waals surface area contributed by atoms with Crippen molar-refractivity contribution in [1.82, 2.24) is 0 Å². The van der Waals surface area contributed by atoms with Crippen LogP contribution in [-0.4, -0.2) is 24.1 Å². The van der Waals surface area contributed by atoms with Crippen molar-refractivity contribution in [3.8, 4) is 6.07 Å². The zero-order chi connectivity index (χ0) is 14.0. The maximum Gasteiger partial charge on any atom is 0.292 e. The third-order valence-corrected chi connectivity index (χ3v) is 3.33. The van der Waals surface area contributed by atoms with Crippen molar-refractivity contribution in [3.63, 3.8) is 0 Å². The lowest BCUT2D eigenvalue weighted by atomic mass is 9.95. The average Bonchev–Trinajstić information content (AvgIpc) is 2.36. The van der Waals surface area contributed by atoms with Crippen LogP contribution in [0.1, 0.15) is 18.9 Å². The highest BCUT2D eigenvalue weighted by Gasteiger charge is 2.27. The largest absolute Gasteiger partial charge is 0.364 e. The van der Waals surface area contributed by atoms with Crippen molar-refractivity contribution in [2.24, 2.45) is 11.7 Å². The summed E-state index contributed by atoms with van der Waals surface area (Å²) in [5.41, 5.74) is 6.92. The van der Waals surface area contributed by atoms with Crippen LogP contribution in [-0.2, 0) is 0 Å². The molecule has 2 rings (SSSR count). The smallest absolute Gasteiger partial charge is 0.292 e. The van der Waals surface area contributed by atoms with E-state index < -0.39 is 4.92 Å². The highest BCUT2D eigenvalue weighted by molar-refractivity contribution is 5.66. The van der Waals surface area contributed by atoms with Crippen molar-refractivity contribution < 1.29 is 4.92 Å². The van der Waals surface area contributed by atoms with Gasteiger partial charge in [-0.25, -0.2) is 0 Å². The van der Waals surface area contributed by atoms with E-state index in [2.05, 4.69) is 6.92 Å². The topological polar surface area (TPSA) is 96.2 Å². The SMILES string of the molecule is CC1CC(N)CN(c2cc(C#N)ccc2[N+](=O)[O-])C1. The Balaban J connectivity index is 2.41. The Bertz CT molecular complexity index is 528. The van der Waals surface area contributed by atoms with Gasteiger partial charge in [0.1, 0.15) is 5.69 Å². The van der Waals surface area contributed by atoms with Crippen molar-refractivity contribution in [2.45, 2.75) is 19.4 Å². The number of nitrogens with zero attached hydrogens (tertiary/aromatic N) is 3. The summed E-state index contributed by atoms with van der Waals surface area (Å²) in [6.45, 7) is 3.38. The predicted molar refractivity (Wildman–Crippen MR) is 71.8 cm³/mol. The first-order chi connectivity index (χ1) is 9.01. The normalized spacial score (nSPS) is 22.9. The summed E-state index contributed by atoms with van der Waals surface area (Å²) in [6.07, 6.45) is 0.919. The number of nitrogens with two attached hydrogens (primary N) is 1. The quantitative estimate of drug-likeness (QED) is 0.644. The van der Waals surface area contributed by atoms with E-state index in [1.54, 1.807) is 6.07 Å². The van der Waals surface area contributed by atoms with Gasteiger partial charge in [0, 0.05) is 25.2 Å². The molecule has 0 aliphatic carbocycles. The summed E-state index contributed by atoms with van der Waals surface area (Å²) in [7, 11) is 0. The molecule has 0 amide bonds. The third kappa shape index (κ3) is 2.83. The average molecular weight is 260 g/mol. The summed E-state index contributed by atoms with van der Waals surface area (Å²) < 4.78 is 0. The number of nitriles is 1. The highest BCUT2D eigenvalue weighted by Crippen LogP contribution is 2.32. The molecule has 1 aromatic rings. The lowest BCUT2D eigenvalue weighted by molar-refractivity contribution is -0.384. The van der Waals surface area contributed by atoms with Crippen LogP contribution < -0.4 is 10.6 Å². The van der Waals surface area contributed by atoms with Gasteiger partial charge >= 0.3 is 0 Å². The Labute approximate surface area is 111 Å². The maximum atomic E-state index is 11.1. The zero-order valence-corrected chi connectivity index (χ0v) is 10.7. The Morgan fingerprint density at radius 2 is 2.26 bits per heavy atom. The van der Waals surface area contributed by atoms with Crippen LogP contribution in [0.5, 0.6) is 0 Å². The van der Waals surface area contributed by atoms with E-state index in [-0.39, 0.29) is 11.7 Å². The van der Waals surface area contributed by atoms with Crippen molar-refractivity contribution in [2.75, 3.05) is 18.0 Å². The number of hydrogen-bond acceptors (Lipinski definition) is 5. The predicted octanol–water partition coefficient (Wildman–Crippen LogP) is 1.64. The maximum absolute atomic E-state index is 11.1. The number of benzene rings is 1. The Kier molecular flexibility index (Phi) is 3.67. The lowest BCUT2D eigenvalue weighted by Gasteiger charge is -2.36. The molecule has 0 aromatic heterocycles. The number of nitro benzene ring substituents is 1. The van der Waals surface area contributed by atoms with Gasteiger partial charge < -0.3 is 10.6 Å². The van der Waals surface area contributed by atoms with Gasteiger partial charge in [0.05, 0.1) is 16.6 Å². The van der Waals surface area contributed by atoms with Crippen molar-refractivity contribution >= 4 is 11.4 Å². The molecule has 0 spiro atoms. The van der Waals surface area contributed by atoms with Gasteiger partial charge in [0.15, 0.2) is 0 Å². The molecule has 0 saturated carbocycles. The van der Waals surface area contributed by atoms with Crippen molar-refractivity contribution in [1.29, 1.82) is 5.26 Å². The fourth-order valence-corrected chi connectivity index (χ4v) is 2.60. The van der Waals surface area contributed by atoms with E-state index in [0.717, 1.165) is 13.0 Å². The zero-order valence-electron chi connectivity index (χ0n) is 10.7. The van der Waals surface area contributed by atoms with Gasteiger partial charge in [0.25, 0.3) is 5.69 Å². The first kappa shape index (κ1) is 13.3. The molecular weight excluding hydrogens is 244 g/mol. The molecular formula is C13H16N4O2. The number of nitro groups is 1. The minimum atomic E-state index is -0.415. The molecule has 0 radical (unpaired) electrons. The van der Waals surface area contributed by atoms with Crippen molar-refractivity contribution in [3.05, 3.63) is 33.9 Å². The highest BCUT2D eigenvalue weighted by atomic mass is 16.6. The number of hydrogen-bond donors (Lipinski definition) is 1. The Morgan fingerprint density at radius 3 is 2.84 bits per heavy atom. The van der Waals surface area contributed by atoms with Gasteiger partial charge in [-0.1, -0.05) is 6.92 Å². The summed E-state index contributed by atoms with van der Waals surface area (Å²) in [6, 6.07) is 6.45.